The van der Waals surface area contributed by atoms with Crippen molar-refractivity contribution in [2.24, 2.45) is 4.99 Å². The highest BCUT2D eigenvalue weighted by atomic mass is 79.9. The summed E-state index contributed by atoms with van der Waals surface area (Å²) in [5, 5.41) is 3.53. The molecule has 0 spiro atoms. The Morgan fingerprint density at radius 3 is 2.70 bits per heavy atom. The van der Waals surface area contributed by atoms with Crippen molar-refractivity contribution in [3.8, 4) is 0 Å². The van der Waals surface area contributed by atoms with Crippen LogP contribution in [0.2, 0.25) is 5.02 Å². The number of amides is 1. The quantitative estimate of drug-likeness (QED) is 0.337. The van der Waals surface area contributed by atoms with E-state index in [1.165, 1.54) is 0 Å². The number of halogens is 2. The number of hydrogen-bond donors (Lipinski definition) is 3. The van der Waals surface area contributed by atoms with E-state index in [0.29, 0.717) is 33.9 Å². The van der Waals surface area contributed by atoms with E-state index < -0.39 is 6.04 Å². The molecule has 0 fully saturated rings. The van der Waals surface area contributed by atoms with Crippen LogP contribution in [-0.4, -0.2) is 27.6 Å². The van der Waals surface area contributed by atoms with Gasteiger partial charge in [-0.2, -0.15) is 0 Å². The van der Waals surface area contributed by atoms with Gasteiger partial charge in [0.15, 0.2) is 0 Å². The van der Waals surface area contributed by atoms with Crippen LogP contribution in [0.15, 0.2) is 81.6 Å². The van der Waals surface area contributed by atoms with E-state index in [0.717, 1.165) is 34.0 Å². The monoisotopic (exact) mass is 524 g/mol. The van der Waals surface area contributed by atoms with Crippen LogP contribution in [0.25, 0.3) is 11.0 Å². The fourth-order valence-corrected chi connectivity index (χ4v) is 4.37. The van der Waals surface area contributed by atoms with E-state index in [2.05, 4.69) is 44.4 Å². The molecular formula is C25H22BrClN4O2. The molecule has 0 saturated heterocycles. The van der Waals surface area contributed by atoms with Gasteiger partial charge in [-0.25, -0.2) is 4.79 Å². The van der Waals surface area contributed by atoms with Crippen molar-refractivity contribution in [1.29, 1.82) is 0 Å². The van der Waals surface area contributed by atoms with Crippen molar-refractivity contribution in [1.82, 2.24) is 9.97 Å². The van der Waals surface area contributed by atoms with Gasteiger partial charge in [-0.1, -0.05) is 58.9 Å². The van der Waals surface area contributed by atoms with Gasteiger partial charge < -0.3 is 15.3 Å². The van der Waals surface area contributed by atoms with Crippen molar-refractivity contribution in [3.05, 3.63) is 98.4 Å². The standard InChI is InChI=1S/C25H22BrClN4O2/c1-3-5-15(14(2)26)6-4-7-21-24(32)29-19-11-9-17(27)13-18(19)23(28-21)16-8-10-20-22(12-16)31-25(33)30-20/h3,5,8-13,21H,1-2,4,6-7H2,(H,29,32)(H2,30,31,33)/b15-5-. The number of aliphatic imine (C=N–C) groups is 1. The van der Waals surface area contributed by atoms with Gasteiger partial charge in [0.1, 0.15) is 6.04 Å². The molecule has 0 saturated carbocycles. The summed E-state index contributed by atoms with van der Waals surface area (Å²) in [5.74, 6) is -0.170. The van der Waals surface area contributed by atoms with Gasteiger partial charge in [0, 0.05) is 20.6 Å². The molecule has 1 aromatic heterocycles. The van der Waals surface area contributed by atoms with Crippen molar-refractivity contribution >= 4 is 55.9 Å². The first kappa shape index (κ1) is 23.0. The third-order valence-corrected chi connectivity index (χ3v) is 6.21. The number of H-pyrrole nitrogens is 2. The Balaban J connectivity index is 1.72. The number of nitrogens with zero attached hydrogens (tertiary/aromatic N) is 1. The predicted molar refractivity (Wildman–Crippen MR) is 139 cm³/mol. The largest absolute Gasteiger partial charge is 0.324 e. The molecule has 2 heterocycles. The summed E-state index contributed by atoms with van der Waals surface area (Å²) in [6.07, 6.45) is 5.65. The molecule has 1 aliphatic heterocycles. The Bertz CT molecular complexity index is 1380. The van der Waals surface area contributed by atoms with E-state index in [9.17, 15) is 9.59 Å². The maximum atomic E-state index is 13.0. The van der Waals surface area contributed by atoms with E-state index >= 15 is 0 Å². The third-order valence-electron chi connectivity index (χ3n) is 5.46. The van der Waals surface area contributed by atoms with E-state index in [1.54, 1.807) is 24.3 Å². The zero-order valence-electron chi connectivity index (χ0n) is 17.8. The molecule has 168 valence electrons. The number of allylic oxidation sites excluding steroid dienone is 4. The van der Waals surface area contributed by atoms with Gasteiger partial charge >= 0.3 is 5.69 Å². The normalized spacial score (nSPS) is 16.1. The number of imidazole rings is 1. The molecule has 1 aliphatic rings. The SMILES string of the molecule is C=C/C=C(/CCCC1N=C(c2ccc3[nH]c(=O)[nH]c3c2)c2cc(Cl)ccc2NC1=O)C(=C)Br. The second kappa shape index (κ2) is 9.77. The number of fused-ring (bicyclic) bond motifs is 2. The number of carbonyl (C=O) groups is 1. The fraction of sp³-hybridized carbons (Fsp3) is 0.160. The lowest BCUT2D eigenvalue weighted by Gasteiger charge is -2.12. The minimum atomic E-state index is -0.583. The van der Waals surface area contributed by atoms with Crippen LogP contribution in [0.4, 0.5) is 5.69 Å². The number of benzodiazepines with no additional fused rings is 1. The molecular weight excluding hydrogens is 504 g/mol. The van der Waals surface area contributed by atoms with Crippen LogP contribution in [0.3, 0.4) is 0 Å². The second-order valence-electron chi connectivity index (χ2n) is 7.74. The molecule has 1 amide bonds. The molecule has 2 aromatic carbocycles. The molecule has 3 aromatic rings. The summed E-state index contributed by atoms with van der Waals surface area (Å²) in [4.78, 5) is 35.1. The van der Waals surface area contributed by atoms with Gasteiger partial charge in [-0.05, 0) is 55.2 Å². The van der Waals surface area contributed by atoms with Crippen LogP contribution in [-0.2, 0) is 4.79 Å². The number of benzene rings is 2. The summed E-state index contributed by atoms with van der Waals surface area (Å²) in [6, 6.07) is 10.3. The Morgan fingerprint density at radius 2 is 1.94 bits per heavy atom. The number of anilines is 1. The number of hydrogen-bond acceptors (Lipinski definition) is 3. The minimum absolute atomic E-state index is 0.170. The van der Waals surface area contributed by atoms with Crippen LogP contribution >= 0.6 is 27.5 Å². The van der Waals surface area contributed by atoms with E-state index in [4.69, 9.17) is 16.6 Å². The average molecular weight is 526 g/mol. The smallest absolute Gasteiger partial charge is 0.323 e. The lowest BCUT2D eigenvalue weighted by atomic mass is 10.00. The Kier molecular flexibility index (Phi) is 6.81. The second-order valence-corrected chi connectivity index (χ2v) is 9.13. The topological polar surface area (TPSA) is 90.1 Å². The molecule has 3 N–H and O–H groups in total. The van der Waals surface area contributed by atoms with Gasteiger partial charge in [-0.3, -0.25) is 9.79 Å². The predicted octanol–water partition coefficient (Wildman–Crippen LogP) is 5.86. The third kappa shape index (κ3) is 5.10. The van der Waals surface area contributed by atoms with Gasteiger partial charge in [-0.15, -0.1) is 0 Å². The number of carbonyl (C=O) groups excluding carboxylic acids is 1. The molecule has 0 radical (unpaired) electrons. The molecule has 1 atom stereocenters. The highest BCUT2D eigenvalue weighted by molar-refractivity contribution is 9.11. The molecule has 4 rings (SSSR count). The highest BCUT2D eigenvalue weighted by Gasteiger charge is 2.26. The first-order valence-corrected chi connectivity index (χ1v) is 11.6. The van der Waals surface area contributed by atoms with Crippen molar-refractivity contribution in [2.75, 3.05) is 5.32 Å². The van der Waals surface area contributed by atoms with Gasteiger partial charge in [0.2, 0.25) is 5.91 Å². The number of aromatic amines is 2. The number of rotatable bonds is 7. The van der Waals surface area contributed by atoms with Crippen LogP contribution in [0, 0.1) is 0 Å². The molecule has 0 aliphatic carbocycles. The molecule has 1 unspecified atom stereocenters. The van der Waals surface area contributed by atoms with Crippen molar-refractivity contribution < 1.29 is 4.79 Å². The summed E-state index contributed by atoms with van der Waals surface area (Å²) in [7, 11) is 0. The minimum Gasteiger partial charge on any atom is -0.324 e. The van der Waals surface area contributed by atoms with Gasteiger partial charge in [0.25, 0.3) is 0 Å². The molecule has 33 heavy (non-hydrogen) atoms. The van der Waals surface area contributed by atoms with Crippen LogP contribution in [0.5, 0.6) is 0 Å². The number of nitrogens with one attached hydrogen (secondary N) is 3. The summed E-state index contributed by atoms with van der Waals surface area (Å²) < 4.78 is 0.799. The molecule has 8 heteroatoms. The number of aromatic nitrogens is 2. The Hall–Kier alpha value is -3.16. The van der Waals surface area contributed by atoms with E-state index in [-0.39, 0.29) is 11.6 Å². The zero-order chi connectivity index (χ0) is 23.5. The van der Waals surface area contributed by atoms with Crippen LogP contribution < -0.4 is 11.0 Å². The van der Waals surface area contributed by atoms with E-state index in [1.807, 2.05) is 24.3 Å². The molecule has 6 nitrogen and oxygen atoms in total. The maximum Gasteiger partial charge on any atom is 0.323 e. The molecule has 0 bridgehead atoms. The first-order chi connectivity index (χ1) is 15.9. The van der Waals surface area contributed by atoms with Gasteiger partial charge in [0.05, 0.1) is 22.4 Å². The van der Waals surface area contributed by atoms with Crippen LogP contribution in [0.1, 0.15) is 30.4 Å². The zero-order valence-corrected chi connectivity index (χ0v) is 20.1. The summed E-state index contributed by atoms with van der Waals surface area (Å²) >= 11 is 9.71. The first-order valence-electron chi connectivity index (χ1n) is 10.4. The Morgan fingerprint density at radius 1 is 1.15 bits per heavy atom. The summed E-state index contributed by atoms with van der Waals surface area (Å²) in [5.41, 5.74) is 4.92. The van der Waals surface area contributed by atoms with Crippen molar-refractivity contribution in [2.45, 2.75) is 25.3 Å². The highest BCUT2D eigenvalue weighted by Crippen LogP contribution is 2.29. The van der Waals surface area contributed by atoms with Crippen molar-refractivity contribution in [3.63, 3.8) is 0 Å². The summed E-state index contributed by atoms with van der Waals surface area (Å²) in [6.45, 7) is 7.68. The lowest BCUT2D eigenvalue weighted by Crippen LogP contribution is -2.25. The lowest BCUT2D eigenvalue weighted by molar-refractivity contribution is -0.117. The average Bonchev–Trinajstić information content (AvgIpc) is 3.09. The maximum absolute atomic E-state index is 13.0. The fourth-order valence-electron chi connectivity index (χ4n) is 3.86. The Labute approximate surface area is 204 Å².